The first-order valence-corrected chi connectivity index (χ1v) is 7.96. The van der Waals surface area contributed by atoms with Gasteiger partial charge in [-0.1, -0.05) is 12.1 Å². The van der Waals surface area contributed by atoms with E-state index < -0.39 is 5.97 Å². The molecule has 0 unspecified atom stereocenters. The number of benzene rings is 2. The van der Waals surface area contributed by atoms with E-state index in [1.165, 1.54) is 12.1 Å². The van der Waals surface area contributed by atoms with Crippen molar-refractivity contribution in [1.29, 1.82) is 0 Å². The molecule has 7 heteroatoms. The van der Waals surface area contributed by atoms with Gasteiger partial charge in [-0.25, -0.2) is 9.59 Å². The number of carboxylic acids is 1. The number of nitrogens with one attached hydrogen (secondary N) is 1. The lowest BCUT2D eigenvalue weighted by molar-refractivity contribution is 0.0697. The molecule has 26 heavy (non-hydrogen) atoms. The van der Waals surface area contributed by atoms with Crippen LogP contribution in [0.5, 0.6) is 11.5 Å². The van der Waals surface area contributed by atoms with E-state index >= 15 is 0 Å². The van der Waals surface area contributed by atoms with E-state index in [1.54, 1.807) is 44.4 Å². The first-order chi connectivity index (χ1) is 12.4. The number of ether oxygens (including phenoxy) is 2. The molecule has 2 amide bonds. The molecule has 0 aromatic heterocycles. The highest BCUT2D eigenvalue weighted by Crippen LogP contribution is 2.23. The first-order valence-electron chi connectivity index (χ1n) is 7.96. The van der Waals surface area contributed by atoms with Crippen LogP contribution in [0.1, 0.15) is 21.5 Å². The molecular weight excluding hydrogens is 336 g/mol. The average Bonchev–Trinajstić information content (AvgIpc) is 2.65. The summed E-state index contributed by atoms with van der Waals surface area (Å²) in [5.74, 6) is 0.340. The van der Waals surface area contributed by atoms with Gasteiger partial charge < -0.3 is 24.8 Å². The number of carboxylic acid groups (broad SMARTS) is 1. The Morgan fingerprint density at radius 3 is 2.08 bits per heavy atom. The molecule has 2 aromatic carbocycles. The number of nitrogens with zero attached hydrogens (tertiary/aromatic N) is 1. The fourth-order valence-corrected chi connectivity index (χ4v) is 2.38. The van der Waals surface area contributed by atoms with E-state index in [-0.39, 0.29) is 11.6 Å². The molecule has 0 fully saturated rings. The zero-order valence-electron chi connectivity index (χ0n) is 15.0. The number of methoxy groups -OCH3 is 2. The Balaban J connectivity index is 1.94. The second kappa shape index (κ2) is 8.75. The SMILES string of the molecule is COc1cc(CN(C)C(=O)NCc2ccc(C(=O)O)cc2)cc(OC)c1. The number of carbonyl (C=O) groups is 2. The summed E-state index contributed by atoms with van der Waals surface area (Å²) in [5.41, 5.74) is 1.91. The van der Waals surface area contributed by atoms with Crippen LogP contribution < -0.4 is 14.8 Å². The van der Waals surface area contributed by atoms with E-state index in [1.807, 2.05) is 12.1 Å². The molecule has 2 aromatic rings. The maximum atomic E-state index is 12.3. The molecular formula is C19H22N2O5. The van der Waals surface area contributed by atoms with Crippen LogP contribution in [0.4, 0.5) is 4.79 Å². The summed E-state index contributed by atoms with van der Waals surface area (Å²) in [6, 6.07) is 11.6. The average molecular weight is 358 g/mol. The molecule has 0 radical (unpaired) electrons. The Kier molecular flexibility index (Phi) is 6.43. The molecule has 7 nitrogen and oxygen atoms in total. The van der Waals surface area contributed by atoms with Gasteiger partial charge in [0.2, 0.25) is 0 Å². The minimum Gasteiger partial charge on any atom is -0.497 e. The zero-order chi connectivity index (χ0) is 19.1. The van der Waals surface area contributed by atoms with Crippen LogP contribution in [-0.4, -0.2) is 43.3 Å². The maximum Gasteiger partial charge on any atom is 0.335 e. The zero-order valence-corrected chi connectivity index (χ0v) is 15.0. The predicted molar refractivity (Wildman–Crippen MR) is 96.7 cm³/mol. The van der Waals surface area contributed by atoms with Crippen LogP contribution in [0.25, 0.3) is 0 Å². The monoisotopic (exact) mass is 358 g/mol. The highest BCUT2D eigenvalue weighted by Gasteiger charge is 2.11. The largest absolute Gasteiger partial charge is 0.497 e. The highest BCUT2D eigenvalue weighted by molar-refractivity contribution is 5.87. The van der Waals surface area contributed by atoms with E-state index in [9.17, 15) is 9.59 Å². The van der Waals surface area contributed by atoms with Crippen LogP contribution in [0.2, 0.25) is 0 Å². The Bertz CT molecular complexity index is 752. The molecule has 138 valence electrons. The number of urea groups is 1. The van der Waals surface area contributed by atoms with Crippen molar-refractivity contribution in [1.82, 2.24) is 10.2 Å². The standard InChI is InChI=1S/C19H22N2O5/c1-21(12-14-8-16(25-2)10-17(9-14)26-3)19(24)20-11-13-4-6-15(7-5-13)18(22)23/h4-10H,11-12H2,1-3H3,(H,20,24)(H,22,23). The minimum absolute atomic E-state index is 0.212. The number of carbonyl (C=O) groups excluding carboxylic acids is 1. The van der Waals surface area contributed by atoms with Crippen molar-refractivity contribution in [3.05, 3.63) is 59.2 Å². The Hall–Kier alpha value is -3.22. The van der Waals surface area contributed by atoms with Gasteiger partial charge in [0.15, 0.2) is 0 Å². The summed E-state index contributed by atoms with van der Waals surface area (Å²) in [5, 5.41) is 11.7. The van der Waals surface area contributed by atoms with Gasteiger partial charge in [-0.3, -0.25) is 0 Å². The lowest BCUT2D eigenvalue weighted by atomic mass is 10.1. The Labute approximate surface area is 152 Å². The third-order valence-electron chi connectivity index (χ3n) is 3.82. The fraction of sp³-hybridized carbons (Fsp3) is 0.263. The summed E-state index contributed by atoms with van der Waals surface area (Å²) in [4.78, 5) is 24.6. The van der Waals surface area contributed by atoms with E-state index in [4.69, 9.17) is 14.6 Å². The molecule has 0 aliphatic carbocycles. The Morgan fingerprint density at radius 1 is 1.00 bits per heavy atom. The van der Waals surface area contributed by atoms with E-state index in [2.05, 4.69) is 5.32 Å². The van der Waals surface area contributed by atoms with Crippen molar-refractivity contribution in [2.75, 3.05) is 21.3 Å². The molecule has 0 spiro atoms. The molecule has 0 aliphatic rings. The van der Waals surface area contributed by atoms with Gasteiger partial charge >= 0.3 is 12.0 Å². The quantitative estimate of drug-likeness (QED) is 0.795. The summed E-state index contributed by atoms with van der Waals surface area (Å²) < 4.78 is 10.5. The second-order valence-corrected chi connectivity index (χ2v) is 5.74. The van der Waals surface area contributed by atoms with Crippen LogP contribution in [0.3, 0.4) is 0 Å². The molecule has 2 N–H and O–H groups in total. The van der Waals surface area contributed by atoms with E-state index in [0.717, 1.165) is 11.1 Å². The normalized spacial score (nSPS) is 10.1. The highest BCUT2D eigenvalue weighted by atomic mass is 16.5. The van der Waals surface area contributed by atoms with Gasteiger partial charge in [-0.05, 0) is 35.4 Å². The van der Waals surface area contributed by atoms with Crippen LogP contribution in [0.15, 0.2) is 42.5 Å². The van der Waals surface area contributed by atoms with Crippen molar-refractivity contribution in [3.8, 4) is 11.5 Å². The third-order valence-corrected chi connectivity index (χ3v) is 3.82. The lowest BCUT2D eigenvalue weighted by Gasteiger charge is -2.19. The molecule has 0 heterocycles. The van der Waals surface area contributed by atoms with Crippen LogP contribution in [-0.2, 0) is 13.1 Å². The van der Waals surface area contributed by atoms with Crippen molar-refractivity contribution in [2.45, 2.75) is 13.1 Å². The lowest BCUT2D eigenvalue weighted by Crippen LogP contribution is -2.36. The summed E-state index contributed by atoms with van der Waals surface area (Å²) in [7, 11) is 4.84. The summed E-state index contributed by atoms with van der Waals surface area (Å²) in [6.07, 6.45) is 0. The molecule has 0 saturated heterocycles. The van der Waals surface area contributed by atoms with Crippen molar-refractivity contribution >= 4 is 12.0 Å². The molecule has 0 saturated carbocycles. The third kappa shape index (κ3) is 5.14. The molecule has 0 bridgehead atoms. The summed E-state index contributed by atoms with van der Waals surface area (Å²) >= 11 is 0. The number of hydrogen-bond acceptors (Lipinski definition) is 4. The van der Waals surface area contributed by atoms with Gasteiger partial charge in [0.1, 0.15) is 11.5 Å². The second-order valence-electron chi connectivity index (χ2n) is 5.74. The number of amides is 2. The van der Waals surface area contributed by atoms with Gasteiger partial charge in [-0.2, -0.15) is 0 Å². The van der Waals surface area contributed by atoms with Gasteiger partial charge in [-0.15, -0.1) is 0 Å². The van der Waals surface area contributed by atoms with Crippen molar-refractivity contribution in [2.24, 2.45) is 0 Å². The summed E-state index contributed by atoms with van der Waals surface area (Å²) in [6.45, 7) is 0.696. The van der Waals surface area contributed by atoms with Crippen LogP contribution in [0, 0.1) is 0 Å². The molecule has 0 atom stereocenters. The topological polar surface area (TPSA) is 88.1 Å². The number of hydrogen-bond donors (Lipinski definition) is 2. The minimum atomic E-state index is -0.978. The van der Waals surface area contributed by atoms with Crippen LogP contribution >= 0.6 is 0 Å². The van der Waals surface area contributed by atoms with Gasteiger partial charge in [0.25, 0.3) is 0 Å². The number of rotatable bonds is 7. The number of aromatic carboxylic acids is 1. The smallest absolute Gasteiger partial charge is 0.335 e. The first kappa shape index (κ1) is 19.1. The van der Waals surface area contributed by atoms with Crippen molar-refractivity contribution in [3.63, 3.8) is 0 Å². The van der Waals surface area contributed by atoms with E-state index in [0.29, 0.717) is 24.6 Å². The Morgan fingerprint density at radius 2 is 1.58 bits per heavy atom. The van der Waals surface area contributed by atoms with Gasteiger partial charge in [0, 0.05) is 26.2 Å². The van der Waals surface area contributed by atoms with Crippen molar-refractivity contribution < 1.29 is 24.2 Å². The predicted octanol–water partition coefficient (Wildman–Crippen LogP) is 2.74. The fourth-order valence-electron chi connectivity index (χ4n) is 2.38. The maximum absolute atomic E-state index is 12.3. The molecule has 2 rings (SSSR count). The molecule has 0 aliphatic heterocycles. The van der Waals surface area contributed by atoms with Gasteiger partial charge in [0.05, 0.1) is 19.8 Å².